The van der Waals surface area contributed by atoms with Gasteiger partial charge < -0.3 is 29.4 Å². The number of carboxylic acids is 1. The molecule has 0 aromatic rings. The average molecular weight is 321 g/mol. The summed E-state index contributed by atoms with van der Waals surface area (Å²) in [6.45, 7) is 5.51. The summed E-state index contributed by atoms with van der Waals surface area (Å²) in [7, 11) is 0. The quantitative estimate of drug-likeness (QED) is 0.304. The Kier molecular flexibility index (Phi) is 15.3. The van der Waals surface area contributed by atoms with Crippen LogP contribution in [0.4, 0.5) is 0 Å². The van der Waals surface area contributed by atoms with Gasteiger partial charge in [0.25, 0.3) is 0 Å². The summed E-state index contributed by atoms with van der Waals surface area (Å²) in [5.74, 6) is -1.19. The molecule has 0 aliphatic rings. The molecule has 0 saturated heterocycles. The molecule has 0 aliphatic heterocycles. The van der Waals surface area contributed by atoms with Crippen molar-refractivity contribution >= 4 is 11.9 Å². The summed E-state index contributed by atoms with van der Waals surface area (Å²) in [6, 6.07) is 0. The number of carbonyl (C=O) groups is 2. The van der Waals surface area contributed by atoms with E-state index in [-0.39, 0.29) is 19.6 Å². The molecule has 0 saturated carbocycles. The highest BCUT2D eigenvalue weighted by molar-refractivity contribution is 5.70. The van der Waals surface area contributed by atoms with Crippen molar-refractivity contribution in [3.63, 3.8) is 0 Å². The van der Waals surface area contributed by atoms with Crippen molar-refractivity contribution in [1.82, 2.24) is 5.32 Å². The fraction of sp³-hybridized carbons (Fsp3) is 0.857. The highest BCUT2D eigenvalue weighted by Gasteiger charge is 2.01. The Balaban J connectivity index is 3.08. The molecule has 0 amide bonds. The standard InChI is InChI=1S/C14H27NO7/c1-2-19-12-14(18)22-11-10-21-9-8-20-7-3-5-15-6-4-13(16)17/h15H,2-12H2,1H3,(H,16,17). The molecular formula is C14H27NO7. The van der Waals surface area contributed by atoms with E-state index in [9.17, 15) is 9.59 Å². The number of aliphatic carboxylic acids is 1. The number of hydrogen-bond donors (Lipinski definition) is 2. The van der Waals surface area contributed by atoms with E-state index in [1.807, 2.05) is 6.92 Å². The Morgan fingerprint density at radius 3 is 2.32 bits per heavy atom. The summed E-state index contributed by atoms with van der Waals surface area (Å²) in [5, 5.41) is 11.4. The Hall–Kier alpha value is -1.22. The van der Waals surface area contributed by atoms with E-state index in [1.54, 1.807) is 0 Å². The lowest BCUT2D eigenvalue weighted by molar-refractivity contribution is -0.150. The monoisotopic (exact) mass is 321 g/mol. The van der Waals surface area contributed by atoms with Crippen LogP contribution in [-0.2, 0) is 28.5 Å². The van der Waals surface area contributed by atoms with Crippen LogP contribution < -0.4 is 5.32 Å². The van der Waals surface area contributed by atoms with Crippen LogP contribution in [0.2, 0.25) is 0 Å². The topological polar surface area (TPSA) is 103 Å². The number of carboxylic acid groups (broad SMARTS) is 1. The third kappa shape index (κ3) is 16.8. The van der Waals surface area contributed by atoms with Gasteiger partial charge in [-0.2, -0.15) is 0 Å². The Labute approximate surface area is 131 Å². The molecule has 0 aliphatic carbocycles. The van der Waals surface area contributed by atoms with Gasteiger partial charge >= 0.3 is 11.9 Å². The van der Waals surface area contributed by atoms with Gasteiger partial charge in [0.15, 0.2) is 0 Å². The van der Waals surface area contributed by atoms with E-state index in [1.165, 1.54) is 0 Å². The van der Waals surface area contributed by atoms with E-state index in [4.69, 9.17) is 24.1 Å². The molecule has 0 heterocycles. The molecule has 0 rings (SSSR count). The molecule has 0 fully saturated rings. The molecule has 22 heavy (non-hydrogen) atoms. The molecule has 0 aromatic carbocycles. The first kappa shape index (κ1) is 20.8. The first-order valence-corrected chi connectivity index (χ1v) is 7.48. The highest BCUT2D eigenvalue weighted by Crippen LogP contribution is 1.86. The predicted octanol–water partition coefficient (Wildman–Crippen LogP) is 0.0537. The van der Waals surface area contributed by atoms with Crippen molar-refractivity contribution in [1.29, 1.82) is 0 Å². The molecule has 0 spiro atoms. The van der Waals surface area contributed by atoms with E-state index < -0.39 is 11.9 Å². The van der Waals surface area contributed by atoms with Crippen LogP contribution >= 0.6 is 0 Å². The number of hydrogen-bond acceptors (Lipinski definition) is 7. The van der Waals surface area contributed by atoms with Gasteiger partial charge in [0, 0.05) is 19.8 Å². The summed E-state index contributed by atoms with van der Waals surface area (Å²) < 4.78 is 20.3. The molecule has 0 unspecified atom stereocenters. The second-order valence-electron chi connectivity index (χ2n) is 4.33. The molecule has 8 nitrogen and oxygen atoms in total. The molecule has 0 radical (unpaired) electrons. The maximum atomic E-state index is 11.1. The Morgan fingerprint density at radius 2 is 1.64 bits per heavy atom. The maximum Gasteiger partial charge on any atom is 0.332 e. The van der Waals surface area contributed by atoms with E-state index in [2.05, 4.69) is 5.32 Å². The highest BCUT2D eigenvalue weighted by atomic mass is 16.6. The number of esters is 1. The summed E-state index contributed by atoms with van der Waals surface area (Å²) in [4.78, 5) is 21.3. The van der Waals surface area contributed by atoms with Gasteiger partial charge in [-0.15, -0.1) is 0 Å². The minimum Gasteiger partial charge on any atom is -0.481 e. The van der Waals surface area contributed by atoms with Crippen molar-refractivity contribution in [3.05, 3.63) is 0 Å². The van der Waals surface area contributed by atoms with Gasteiger partial charge in [-0.05, 0) is 19.9 Å². The van der Waals surface area contributed by atoms with Crippen LogP contribution in [-0.4, -0.2) is 76.4 Å². The van der Waals surface area contributed by atoms with Crippen LogP contribution in [0, 0.1) is 0 Å². The van der Waals surface area contributed by atoms with Crippen molar-refractivity contribution in [2.45, 2.75) is 19.8 Å². The number of rotatable bonds is 16. The lowest BCUT2D eigenvalue weighted by atomic mass is 10.4. The minimum atomic E-state index is -0.801. The molecule has 2 N–H and O–H groups in total. The van der Waals surface area contributed by atoms with Crippen molar-refractivity contribution in [3.8, 4) is 0 Å². The van der Waals surface area contributed by atoms with Crippen LogP contribution in [0.1, 0.15) is 19.8 Å². The van der Waals surface area contributed by atoms with Gasteiger partial charge in [-0.1, -0.05) is 0 Å². The second kappa shape index (κ2) is 16.2. The predicted molar refractivity (Wildman–Crippen MR) is 78.8 cm³/mol. The largest absolute Gasteiger partial charge is 0.481 e. The molecular weight excluding hydrogens is 294 g/mol. The van der Waals surface area contributed by atoms with Crippen molar-refractivity contribution in [2.75, 3.05) is 59.3 Å². The normalized spacial score (nSPS) is 10.6. The maximum absolute atomic E-state index is 11.1. The van der Waals surface area contributed by atoms with E-state index >= 15 is 0 Å². The Bertz CT molecular complexity index is 286. The smallest absolute Gasteiger partial charge is 0.332 e. The summed E-state index contributed by atoms with van der Waals surface area (Å²) >= 11 is 0. The third-order valence-electron chi connectivity index (χ3n) is 2.44. The molecule has 0 atom stereocenters. The van der Waals surface area contributed by atoms with Crippen LogP contribution in [0.5, 0.6) is 0 Å². The molecule has 0 bridgehead atoms. The van der Waals surface area contributed by atoms with Crippen LogP contribution in [0.15, 0.2) is 0 Å². The summed E-state index contributed by atoms with van der Waals surface area (Å²) in [5.41, 5.74) is 0. The van der Waals surface area contributed by atoms with Gasteiger partial charge in [-0.3, -0.25) is 4.79 Å². The number of nitrogens with one attached hydrogen (secondary N) is 1. The van der Waals surface area contributed by atoms with Crippen LogP contribution in [0.25, 0.3) is 0 Å². The zero-order valence-electron chi connectivity index (χ0n) is 13.2. The van der Waals surface area contributed by atoms with E-state index in [0.717, 1.165) is 13.0 Å². The fourth-order valence-electron chi connectivity index (χ4n) is 1.38. The zero-order valence-corrected chi connectivity index (χ0v) is 13.2. The van der Waals surface area contributed by atoms with Gasteiger partial charge in [0.2, 0.25) is 0 Å². The van der Waals surface area contributed by atoms with Gasteiger partial charge in [0.05, 0.1) is 26.2 Å². The minimum absolute atomic E-state index is 0.0277. The second-order valence-corrected chi connectivity index (χ2v) is 4.33. The fourth-order valence-corrected chi connectivity index (χ4v) is 1.38. The first-order chi connectivity index (χ1) is 10.7. The van der Waals surface area contributed by atoms with Gasteiger partial charge in [0.1, 0.15) is 13.2 Å². The Morgan fingerprint density at radius 1 is 0.955 bits per heavy atom. The van der Waals surface area contributed by atoms with Crippen LogP contribution in [0.3, 0.4) is 0 Å². The van der Waals surface area contributed by atoms with Crippen molar-refractivity contribution in [2.24, 2.45) is 0 Å². The van der Waals surface area contributed by atoms with Crippen molar-refractivity contribution < 1.29 is 33.6 Å². The van der Waals surface area contributed by atoms with Gasteiger partial charge in [-0.25, -0.2) is 4.79 Å². The third-order valence-corrected chi connectivity index (χ3v) is 2.44. The molecule has 8 heteroatoms. The number of carbonyl (C=O) groups excluding carboxylic acids is 1. The first-order valence-electron chi connectivity index (χ1n) is 7.48. The van der Waals surface area contributed by atoms with E-state index in [0.29, 0.717) is 39.6 Å². The SMILES string of the molecule is CCOCC(=O)OCCOCCOCCCNCCC(=O)O. The lowest BCUT2D eigenvalue weighted by Gasteiger charge is -2.07. The average Bonchev–Trinajstić information content (AvgIpc) is 2.49. The lowest BCUT2D eigenvalue weighted by Crippen LogP contribution is -2.20. The summed E-state index contributed by atoms with van der Waals surface area (Å²) in [6.07, 6.45) is 0.943. The molecule has 0 aromatic heterocycles. The zero-order chi connectivity index (χ0) is 16.5. The number of ether oxygens (including phenoxy) is 4. The molecule has 130 valence electrons.